The molecule has 5 nitrogen and oxygen atoms in total. The Balaban J connectivity index is 1.83. The van der Waals surface area contributed by atoms with Gasteiger partial charge in [0.1, 0.15) is 6.04 Å². The second-order valence-electron chi connectivity index (χ2n) is 5.50. The van der Waals surface area contributed by atoms with E-state index in [0.717, 1.165) is 35.7 Å². The van der Waals surface area contributed by atoms with Gasteiger partial charge < -0.3 is 9.73 Å². The number of anilines is 1. The summed E-state index contributed by atoms with van der Waals surface area (Å²) in [5.74, 6) is 1.56. The molecule has 0 aliphatic carbocycles. The van der Waals surface area contributed by atoms with Crippen molar-refractivity contribution in [2.75, 3.05) is 5.32 Å². The molecule has 3 aromatic rings. The maximum absolute atomic E-state index is 6.06. The van der Waals surface area contributed by atoms with Crippen molar-refractivity contribution in [3.8, 4) is 11.3 Å². The summed E-state index contributed by atoms with van der Waals surface area (Å²) >= 11 is 0. The van der Waals surface area contributed by atoms with Crippen molar-refractivity contribution in [1.29, 1.82) is 0 Å². The summed E-state index contributed by atoms with van der Waals surface area (Å²) in [5, 5.41) is 7.66. The monoisotopic (exact) mass is 310 g/mol. The number of hydrogen-bond acceptors (Lipinski definition) is 4. The third-order valence-corrected chi connectivity index (χ3v) is 3.80. The van der Waals surface area contributed by atoms with Gasteiger partial charge in [0.2, 0.25) is 5.89 Å². The zero-order chi connectivity index (χ0) is 16.2. The van der Waals surface area contributed by atoms with Gasteiger partial charge in [-0.3, -0.25) is 4.68 Å². The molecule has 2 aromatic heterocycles. The lowest BCUT2D eigenvalue weighted by atomic mass is 10.1. The van der Waals surface area contributed by atoms with Crippen molar-refractivity contribution in [3.63, 3.8) is 0 Å². The highest BCUT2D eigenvalue weighted by atomic mass is 16.4. The van der Waals surface area contributed by atoms with Crippen molar-refractivity contribution in [2.24, 2.45) is 0 Å². The Hall–Kier alpha value is -2.56. The Morgan fingerprint density at radius 3 is 2.65 bits per heavy atom. The first-order valence-corrected chi connectivity index (χ1v) is 8.05. The van der Waals surface area contributed by atoms with Gasteiger partial charge in [-0.25, -0.2) is 4.98 Å². The van der Waals surface area contributed by atoms with Gasteiger partial charge in [0.05, 0.1) is 17.6 Å². The van der Waals surface area contributed by atoms with Crippen molar-refractivity contribution < 1.29 is 4.42 Å². The van der Waals surface area contributed by atoms with E-state index in [4.69, 9.17) is 4.42 Å². The van der Waals surface area contributed by atoms with Crippen molar-refractivity contribution in [2.45, 2.75) is 39.8 Å². The molecule has 1 unspecified atom stereocenters. The van der Waals surface area contributed by atoms with Crippen LogP contribution in [-0.2, 0) is 13.0 Å². The minimum Gasteiger partial charge on any atom is -0.438 e. The second-order valence-corrected chi connectivity index (χ2v) is 5.50. The van der Waals surface area contributed by atoms with E-state index < -0.39 is 0 Å². The molecule has 0 aliphatic heterocycles. The van der Waals surface area contributed by atoms with Gasteiger partial charge in [0, 0.05) is 18.3 Å². The van der Waals surface area contributed by atoms with E-state index in [1.807, 2.05) is 54.3 Å². The Morgan fingerprint density at radius 1 is 1.22 bits per heavy atom. The number of aryl methyl sites for hydroxylation is 2. The fourth-order valence-electron chi connectivity index (χ4n) is 2.53. The Bertz CT molecular complexity index is 760. The summed E-state index contributed by atoms with van der Waals surface area (Å²) in [6.45, 7) is 7.06. The van der Waals surface area contributed by atoms with E-state index in [2.05, 4.69) is 29.2 Å². The number of nitrogens with zero attached hydrogens (tertiary/aromatic N) is 3. The van der Waals surface area contributed by atoms with Gasteiger partial charge in [-0.1, -0.05) is 37.3 Å². The van der Waals surface area contributed by atoms with Gasteiger partial charge in [-0.2, -0.15) is 5.10 Å². The molecule has 0 bridgehead atoms. The number of rotatable bonds is 6. The molecular weight excluding hydrogens is 288 g/mol. The second kappa shape index (κ2) is 6.69. The molecule has 3 rings (SSSR count). The van der Waals surface area contributed by atoms with E-state index in [1.54, 1.807) is 0 Å². The van der Waals surface area contributed by atoms with Crippen LogP contribution in [0.5, 0.6) is 0 Å². The Morgan fingerprint density at radius 2 is 2.00 bits per heavy atom. The minimum absolute atomic E-state index is 0.0210. The van der Waals surface area contributed by atoms with Gasteiger partial charge in [0.15, 0.2) is 5.76 Å². The fraction of sp³-hybridized carbons (Fsp3) is 0.333. The molecule has 1 aromatic carbocycles. The molecule has 0 radical (unpaired) electrons. The van der Waals surface area contributed by atoms with Crippen LogP contribution in [0, 0.1) is 0 Å². The van der Waals surface area contributed by atoms with Gasteiger partial charge in [-0.15, -0.1) is 0 Å². The van der Waals surface area contributed by atoms with Crippen molar-refractivity contribution >= 4 is 5.69 Å². The lowest BCUT2D eigenvalue weighted by Crippen LogP contribution is -2.06. The molecular formula is C18H22N4O. The molecule has 23 heavy (non-hydrogen) atoms. The smallest absolute Gasteiger partial charge is 0.217 e. The number of aromatic nitrogens is 3. The van der Waals surface area contributed by atoms with E-state index in [1.165, 1.54) is 0 Å². The standard InChI is InChI=1S/C18H22N4O/c1-4-16-17(14-9-7-6-8-10-14)23-18(21-16)13(3)20-15-11-19-22(5-2)12-15/h6-13,20H,4-5H2,1-3H3. The minimum atomic E-state index is -0.0210. The molecule has 0 aliphatic rings. The molecule has 5 heteroatoms. The van der Waals surface area contributed by atoms with Gasteiger partial charge >= 0.3 is 0 Å². The van der Waals surface area contributed by atoms with Gasteiger partial charge in [0.25, 0.3) is 0 Å². The predicted molar refractivity (Wildman–Crippen MR) is 91.3 cm³/mol. The van der Waals surface area contributed by atoms with Gasteiger partial charge in [-0.05, 0) is 20.3 Å². The summed E-state index contributed by atoms with van der Waals surface area (Å²) in [4.78, 5) is 4.67. The zero-order valence-corrected chi connectivity index (χ0v) is 13.8. The molecule has 0 spiro atoms. The third-order valence-electron chi connectivity index (χ3n) is 3.80. The summed E-state index contributed by atoms with van der Waals surface area (Å²) in [6.07, 6.45) is 4.65. The quantitative estimate of drug-likeness (QED) is 0.737. The highest BCUT2D eigenvalue weighted by Gasteiger charge is 2.18. The largest absolute Gasteiger partial charge is 0.438 e. The molecule has 2 heterocycles. The third kappa shape index (κ3) is 3.28. The maximum Gasteiger partial charge on any atom is 0.217 e. The summed E-state index contributed by atoms with van der Waals surface area (Å²) < 4.78 is 7.94. The van der Waals surface area contributed by atoms with Crippen LogP contribution in [0.2, 0.25) is 0 Å². The molecule has 120 valence electrons. The summed E-state index contributed by atoms with van der Waals surface area (Å²) in [5.41, 5.74) is 3.02. The first kappa shape index (κ1) is 15.3. The summed E-state index contributed by atoms with van der Waals surface area (Å²) in [6, 6.07) is 10.1. The normalized spacial score (nSPS) is 12.3. The molecule has 0 fully saturated rings. The first-order chi connectivity index (χ1) is 11.2. The average molecular weight is 310 g/mol. The lowest BCUT2D eigenvalue weighted by molar-refractivity contribution is 0.485. The molecule has 0 saturated carbocycles. The van der Waals surface area contributed by atoms with Crippen molar-refractivity contribution in [1.82, 2.24) is 14.8 Å². The number of oxazole rings is 1. The first-order valence-electron chi connectivity index (χ1n) is 8.05. The van der Waals surface area contributed by atoms with Crippen LogP contribution >= 0.6 is 0 Å². The van der Waals surface area contributed by atoms with Crippen molar-refractivity contribution in [3.05, 3.63) is 54.3 Å². The van der Waals surface area contributed by atoms with Crippen LogP contribution in [0.25, 0.3) is 11.3 Å². The van der Waals surface area contributed by atoms with E-state index in [9.17, 15) is 0 Å². The highest BCUT2D eigenvalue weighted by molar-refractivity contribution is 5.59. The SMILES string of the molecule is CCc1nc(C(C)Nc2cnn(CC)c2)oc1-c1ccccc1. The Labute approximate surface area is 136 Å². The van der Waals surface area contributed by atoms with E-state index in [0.29, 0.717) is 5.89 Å². The molecule has 1 atom stereocenters. The highest BCUT2D eigenvalue weighted by Crippen LogP contribution is 2.28. The van der Waals surface area contributed by atoms with E-state index >= 15 is 0 Å². The summed E-state index contributed by atoms with van der Waals surface area (Å²) in [7, 11) is 0. The number of hydrogen-bond donors (Lipinski definition) is 1. The van der Waals surface area contributed by atoms with Crippen LogP contribution in [0.15, 0.2) is 47.1 Å². The number of nitrogens with one attached hydrogen (secondary N) is 1. The zero-order valence-electron chi connectivity index (χ0n) is 13.8. The molecule has 0 amide bonds. The topological polar surface area (TPSA) is 55.9 Å². The van der Waals surface area contributed by atoms with Crippen LogP contribution < -0.4 is 5.32 Å². The lowest BCUT2D eigenvalue weighted by Gasteiger charge is -2.09. The predicted octanol–water partition coefficient (Wildman–Crippen LogP) is 4.29. The number of benzene rings is 1. The van der Waals surface area contributed by atoms with E-state index in [-0.39, 0.29) is 6.04 Å². The van der Waals surface area contributed by atoms with Crippen LogP contribution in [0.1, 0.15) is 38.4 Å². The fourth-order valence-corrected chi connectivity index (χ4v) is 2.53. The molecule has 0 saturated heterocycles. The average Bonchev–Trinajstić information content (AvgIpc) is 3.22. The van der Waals surface area contributed by atoms with Crippen LogP contribution in [0.4, 0.5) is 5.69 Å². The van der Waals surface area contributed by atoms with Crippen LogP contribution in [-0.4, -0.2) is 14.8 Å². The maximum atomic E-state index is 6.06. The van der Waals surface area contributed by atoms with Crippen LogP contribution in [0.3, 0.4) is 0 Å². The molecule has 1 N–H and O–H groups in total. The Kier molecular flexibility index (Phi) is 4.46.